The van der Waals surface area contributed by atoms with Crippen LogP contribution in [0.4, 0.5) is 11.5 Å². The minimum absolute atomic E-state index is 0.243. The second-order valence-electron chi connectivity index (χ2n) is 2.36. The molecule has 1 aromatic rings. The van der Waals surface area contributed by atoms with Crippen LogP contribution in [0.2, 0.25) is 0 Å². The largest absolute Gasteiger partial charge is 0.394 e. The molecule has 0 amide bonds. The molecular weight excluding hydrogens is 144 g/mol. The van der Waals surface area contributed by atoms with Crippen molar-refractivity contribution < 1.29 is 5.11 Å². The maximum Gasteiger partial charge on any atom is 0.168 e. The first-order chi connectivity index (χ1) is 5.16. The van der Waals surface area contributed by atoms with E-state index in [0.29, 0.717) is 17.8 Å². The third-order valence-electron chi connectivity index (χ3n) is 1.58. The van der Waals surface area contributed by atoms with Crippen LogP contribution in [0.1, 0.15) is 25.1 Å². The van der Waals surface area contributed by atoms with Crippen molar-refractivity contribution >= 4 is 11.5 Å². The Hall–Kier alpha value is -1.23. The van der Waals surface area contributed by atoms with Crippen LogP contribution in [-0.2, 0) is 0 Å². The number of nitrogens with one attached hydrogen (secondary N) is 1. The second kappa shape index (κ2) is 2.79. The van der Waals surface area contributed by atoms with Gasteiger partial charge in [-0.3, -0.25) is 5.10 Å². The standard InChI is InChI=1S/C6H12N4O/c1-2-3(11)5-4(7)6(8)10-9-5/h3,11H,2,7H2,1H3,(H3,8,9,10). The minimum Gasteiger partial charge on any atom is -0.394 e. The van der Waals surface area contributed by atoms with Crippen molar-refractivity contribution in [1.29, 1.82) is 0 Å². The van der Waals surface area contributed by atoms with Crippen molar-refractivity contribution in [1.82, 2.24) is 10.2 Å². The molecule has 11 heavy (non-hydrogen) atoms. The van der Waals surface area contributed by atoms with Gasteiger partial charge in [0.15, 0.2) is 5.82 Å². The van der Waals surface area contributed by atoms with E-state index in [1.807, 2.05) is 6.92 Å². The number of aromatic nitrogens is 2. The number of hydrogen-bond acceptors (Lipinski definition) is 4. The van der Waals surface area contributed by atoms with Gasteiger partial charge in [0, 0.05) is 0 Å². The lowest BCUT2D eigenvalue weighted by Crippen LogP contribution is -2.00. The van der Waals surface area contributed by atoms with Crippen LogP contribution in [0.25, 0.3) is 0 Å². The van der Waals surface area contributed by atoms with E-state index in [1.165, 1.54) is 0 Å². The fourth-order valence-corrected chi connectivity index (χ4v) is 0.837. The highest BCUT2D eigenvalue weighted by Gasteiger charge is 2.13. The van der Waals surface area contributed by atoms with Gasteiger partial charge in [-0.2, -0.15) is 5.10 Å². The molecule has 0 aromatic carbocycles. The van der Waals surface area contributed by atoms with E-state index in [4.69, 9.17) is 11.5 Å². The van der Waals surface area contributed by atoms with Crippen molar-refractivity contribution in [2.24, 2.45) is 0 Å². The molecule has 1 atom stereocenters. The molecule has 0 aliphatic rings. The average Bonchev–Trinajstić information content (AvgIpc) is 2.32. The summed E-state index contributed by atoms with van der Waals surface area (Å²) in [6.45, 7) is 1.85. The van der Waals surface area contributed by atoms with Gasteiger partial charge in [0.25, 0.3) is 0 Å². The molecule has 0 spiro atoms. The Bertz CT molecular complexity index is 245. The Kier molecular flexibility index (Phi) is 2.00. The monoisotopic (exact) mass is 156 g/mol. The molecule has 5 heteroatoms. The Morgan fingerprint density at radius 3 is 2.64 bits per heavy atom. The normalized spacial score (nSPS) is 13.3. The van der Waals surface area contributed by atoms with Crippen LogP contribution >= 0.6 is 0 Å². The number of nitrogens with zero attached hydrogens (tertiary/aromatic N) is 1. The van der Waals surface area contributed by atoms with Gasteiger partial charge in [0.05, 0.1) is 17.5 Å². The number of aromatic amines is 1. The zero-order valence-corrected chi connectivity index (χ0v) is 6.33. The summed E-state index contributed by atoms with van der Waals surface area (Å²) in [4.78, 5) is 0. The third-order valence-corrected chi connectivity index (χ3v) is 1.58. The van der Waals surface area contributed by atoms with Gasteiger partial charge in [-0.15, -0.1) is 0 Å². The zero-order valence-electron chi connectivity index (χ0n) is 6.33. The molecule has 0 saturated heterocycles. The maximum absolute atomic E-state index is 9.32. The predicted octanol–water partition coefficient (Wildman–Crippen LogP) is 0.0175. The summed E-state index contributed by atoms with van der Waals surface area (Å²) >= 11 is 0. The molecule has 0 aliphatic heterocycles. The SMILES string of the molecule is CCC(O)c1[nH]nc(N)c1N. The van der Waals surface area contributed by atoms with Gasteiger partial charge in [0.1, 0.15) is 0 Å². The number of hydrogen-bond donors (Lipinski definition) is 4. The topological polar surface area (TPSA) is 101 Å². The van der Waals surface area contributed by atoms with E-state index < -0.39 is 6.10 Å². The molecule has 0 fully saturated rings. The second-order valence-corrected chi connectivity index (χ2v) is 2.36. The molecular formula is C6H12N4O. The van der Waals surface area contributed by atoms with Crippen LogP contribution in [0.5, 0.6) is 0 Å². The Labute approximate surface area is 64.4 Å². The Balaban J connectivity index is 2.94. The highest BCUT2D eigenvalue weighted by atomic mass is 16.3. The molecule has 1 unspecified atom stereocenters. The number of aliphatic hydroxyl groups excluding tert-OH is 1. The van der Waals surface area contributed by atoms with Gasteiger partial charge in [0.2, 0.25) is 0 Å². The quantitative estimate of drug-likeness (QED) is 0.484. The molecule has 0 aliphatic carbocycles. The highest BCUT2D eigenvalue weighted by molar-refractivity contribution is 5.61. The van der Waals surface area contributed by atoms with Crippen LogP contribution in [0.15, 0.2) is 0 Å². The van der Waals surface area contributed by atoms with Crippen molar-refractivity contribution in [3.05, 3.63) is 5.69 Å². The van der Waals surface area contributed by atoms with Crippen LogP contribution in [-0.4, -0.2) is 15.3 Å². The van der Waals surface area contributed by atoms with E-state index in [0.717, 1.165) is 0 Å². The fourth-order valence-electron chi connectivity index (χ4n) is 0.837. The van der Waals surface area contributed by atoms with Crippen LogP contribution in [0, 0.1) is 0 Å². The summed E-state index contributed by atoms with van der Waals surface area (Å²) in [7, 11) is 0. The third kappa shape index (κ3) is 1.27. The Morgan fingerprint density at radius 2 is 2.27 bits per heavy atom. The number of aliphatic hydroxyl groups is 1. The summed E-state index contributed by atoms with van der Waals surface area (Å²) in [5.41, 5.74) is 11.7. The average molecular weight is 156 g/mol. The number of H-pyrrole nitrogens is 1. The molecule has 0 saturated carbocycles. The van der Waals surface area contributed by atoms with Crippen LogP contribution in [0.3, 0.4) is 0 Å². The lowest BCUT2D eigenvalue weighted by Gasteiger charge is -2.04. The maximum atomic E-state index is 9.32. The predicted molar refractivity (Wildman–Crippen MR) is 42.7 cm³/mol. The van der Waals surface area contributed by atoms with E-state index in [-0.39, 0.29) is 5.82 Å². The summed E-state index contributed by atoms with van der Waals surface area (Å²) in [6, 6.07) is 0. The van der Waals surface area contributed by atoms with Crippen molar-refractivity contribution in [3.8, 4) is 0 Å². The number of nitrogen functional groups attached to an aromatic ring is 2. The molecule has 1 aromatic heterocycles. The van der Waals surface area contributed by atoms with Crippen molar-refractivity contribution in [2.75, 3.05) is 11.5 Å². The molecule has 1 heterocycles. The molecule has 6 N–H and O–H groups in total. The van der Waals surface area contributed by atoms with Crippen LogP contribution < -0.4 is 11.5 Å². The molecule has 1 rings (SSSR count). The van der Waals surface area contributed by atoms with Gasteiger partial charge in [-0.25, -0.2) is 0 Å². The highest BCUT2D eigenvalue weighted by Crippen LogP contribution is 2.23. The summed E-state index contributed by atoms with van der Waals surface area (Å²) in [5, 5.41) is 15.5. The van der Waals surface area contributed by atoms with Gasteiger partial charge in [-0.05, 0) is 6.42 Å². The smallest absolute Gasteiger partial charge is 0.168 e. The minimum atomic E-state index is -0.597. The fraction of sp³-hybridized carbons (Fsp3) is 0.500. The number of anilines is 2. The molecule has 0 radical (unpaired) electrons. The molecule has 5 nitrogen and oxygen atoms in total. The molecule has 62 valence electrons. The first kappa shape index (κ1) is 7.87. The zero-order chi connectivity index (χ0) is 8.43. The van der Waals surface area contributed by atoms with Gasteiger partial charge in [-0.1, -0.05) is 6.92 Å². The van der Waals surface area contributed by atoms with Gasteiger partial charge < -0.3 is 16.6 Å². The van der Waals surface area contributed by atoms with E-state index in [2.05, 4.69) is 10.2 Å². The summed E-state index contributed by atoms with van der Waals surface area (Å²) in [5.74, 6) is 0.243. The number of rotatable bonds is 2. The molecule has 0 bridgehead atoms. The van der Waals surface area contributed by atoms with Gasteiger partial charge >= 0.3 is 0 Å². The lowest BCUT2D eigenvalue weighted by atomic mass is 10.2. The lowest BCUT2D eigenvalue weighted by molar-refractivity contribution is 0.169. The van der Waals surface area contributed by atoms with Crippen molar-refractivity contribution in [2.45, 2.75) is 19.4 Å². The van der Waals surface area contributed by atoms with Crippen molar-refractivity contribution in [3.63, 3.8) is 0 Å². The first-order valence-electron chi connectivity index (χ1n) is 3.44. The number of nitrogens with two attached hydrogens (primary N) is 2. The first-order valence-corrected chi connectivity index (χ1v) is 3.44. The van der Waals surface area contributed by atoms with E-state index in [1.54, 1.807) is 0 Å². The van der Waals surface area contributed by atoms with E-state index >= 15 is 0 Å². The summed E-state index contributed by atoms with van der Waals surface area (Å²) in [6.07, 6.45) is -0.00829. The van der Waals surface area contributed by atoms with E-state index in [9.17, 15) is 5.11 Å². The summed E-state index contributed by atoms with van der Waals surface area (Å²) < 4.78 is 0. The Morgan fingerprint density at radius 1 is 1.64 bits per heavy atom.